The summed E-state index contributed by atoms with van der Waals surface area (Å²) >= 11 is 0. The summed E-state index contributed by atoms with van der Waals surface area (Å²) in [4.78, 5) is 14.0. The van der Waals surface area contributed by atoms with Gasteiger partial charge in [-0.3, -0.25) is 4.90 Å². The van der Waals surface area contributed by atoms with Crippen LogP contribution in [-0.2, 0) is 16.0 Å². The molecule has 2 rings (SSSR count). The molecule has 20 heavy (non-hydrogen) atoms. The molecule has 7 heteroatoms. The van der Waals surface area contributed by atoms with Gasteiger partial charge in [0.1, 0.15) is 0 Å². The Morgan fingerprint density at radius 2 is 2.30 bits per heavy atom. The van der Waals surface area contributed by atoms with Crippen molar-refractivity contribution >= 4 is 5.97 Å². The summed E-state index contributed by atoms with van der Waals surface area (Å²) in [5.74, 6) is -0.420. The molecule has 0 aromatic carbocycles. The number of hydrogen-bond acceptors (Lipinski definition) is 6. The molecule has 1 aromatic heterocycles. The standard InChI is InChI=1S/C13H22N4O3/c1-4-16-6-7-20-11(8-16)9-17-10(3)12(14-15-17)13(18)19-5-2/h11H,4-9H2,1-3H3. The van der Waals surface area contributed by atoms with Gasteiger partial charge in [0.15, 0.2) is 5.69 Å². The van der Waals surface area contributed by atoms with Crippen LogP contribution in [0.25, 0.3) is 0 Å². The van der Waals surface area contributed by atoms with Crippen molar-refractivity contribution in [3.05, 3.63) is 11.4 Å². The van der Waals surface area contributed by atoms with E-state index in [0.717, 1.165) is 31.9 Å². The van der Waals surface area contributed by atoms with Crippen LogP contribution in [0.5, 0.6) is 0 Å². The predicted octanol–water partition coefficient (Wildman–Crippen LogP) is 0.484. The maximum absolute atomic E-state index is 11.7. The highest BCUT2D eigenvalue weighted by Crippen LogP contribution is 2.11. The van der Waals surface area contributed by atoms with Crippen molar-refractivity contribution in [1.29, 1.82) is 0 Å². The number of nitrogens with zero attached hydrogens (tertiary/aromatic N) is 4. The first kappa shape index (κ1) is 14.9. The van der Waals surface area contributed by atoms with E-state index in [1.165, 1.54) is 0 Å². The molecule has 0 radical (unpaired) electrons. The lowest BCUT2D eigenvalue weighted by Gasteiger charge is -2.32. The Morgan fingerprint density at radius 1 is 1.50 bits per heavy atom. The van der Waals surface area contributed by atoms with E-state index >= 15 is 0 Å². The molecule has 2 heterocycles. The molecule has 0 aliphatic carbocycles. The summed E-state index contributed by atoms with van der Waals surface area (Å²) in [6.45, 7) is 10.3. The zero-order chi connectivity index (χ0) is 14.5. The van der Waals surface area contributed by atoms with Gasteiger partial charge in [-0.25, -0.2) is 9.48 Å². The molecule has 0 saturated carbocycles. The minimum Gasteiger partial charge on any atom is -0.461 e. The third kappa shape index (κ3) is 3.34. The molecular formula is C13H22N4O3. The van der Waals surface area contributed by atoms with Crippen LogP contribution < -0.4 is 0 Å². The first-order chi connectivity index (χ1) is 9.65. The van der Waals surface area contributed by atoms with Gasteiger partial charge in [0.2, 0.25) is 0 Å². The molecule has 1 saturated heterocycles. The Kier molecular flexibility index (Phi) is 5.08. The molecule has 0 amide bonds. The van der Waals surface area contributed by atoms with Gasteiger partial charge in [0.05, 0.1) is 31.6 Å². The molecule has 1 aromatic rings. The van der Waals surface area contributed by atoms with Crippen LogP contribution in [-0.4, -0.2) is 64.8 Å². The lowest BCUT2D eigenvalue weighted by molar-refractivity contribution is -0.0362. The maximum atomic E-state index is 11.7. The average Bonchev–Trinajstić information content (AvgIpc) is 2.81. The predicted molar refractivity (Wildman–Crippen MR) is 72.6 cm³/mol. The van der Waals surface area contributed by atoms with Crippen molar-refractivity contribution in [2.24, 2.45) is 0 Å². The highest BCUT2D eigenvalue weighted by atomic mass is 16.5. The first-order valence-corrected chi connectivity index (χ1v) is 7.06. The van der Waals surface area contributed by atoms with E-state index < -0.39 is 5.97 Å². The van der Waals surface area contributed by atoms with Gasteiger partial charge in [0.25, 0.3) is 0 Å². The number of aromatic nitrogens is 3. The Hall–Kier alpha value is -1.47. The third-order valence-corrected chi connectivity index (χ3v) is 3.50. The summed E-state index contributed by atoms with van der Waals surface area (Å²) < 4.78 is 12.4. The SMILES string of the molecule is CCOC(=O)c1nnn(CC2CN(CC)CCO2)c1C. The number of carbonyl (C=O) groups is 1. The summed E-state index contributed by atoms with van der Waals surface area (Å²) in [6.07, 6.45) is 0.0825. The summed E-state index contributed by atoms with van der Waals surface area (Å²) in [5, 5.41) is 7.94. The summed E-state index contributed by atoms with van der Waals surface area (Å²) in [6, 6.07) is 0. The van der Waals surface area contributed by atoms with Crippen molar-refractivity contribution in [1.82, 2.24) is 19.9 Å². The number of esters is 1. The minimum absolute atomic E-state index is 0.0825. The smallest absolute Gasteiger partial charge is 0.360 e. The van der Waals surface area contributed by atoms with E-state index in [1.807, 2.05) is 6.92 Å². The molecular weight excluding hydrogens is 260 g/mol. The minimum atomic E-state index is -0.420. The van der Waals surface area contributed by atoms with E-state index in [9.17, 15) is 4.79 Å². The Bertz CT molecular complexity index is 460. The van der Waals surface area contributed by atoms with Crippen molar-refractivity contribution in [2.75, 3.05) is 32.8 Å². The fraction of sp³-hybridized carbons (Fsp3) is 0.769. The number of rotatable bonds is 5. The molecule has 1 aliphatic rings. The molecule has 1 fully saturated rings. The zero-order valence-corrected chi connectivity index (χ0v) is 12.3. The van der Waals surface area contributed by atoms with Gasteiger partial charge >= 0.3 is 5.97 Å². The number of carbonyl (C=O) groups excluding carboxylic acids is 1. The number of ether oxygens (including phenoxy) is 2. The number of likely N-dealkylation sites (N-methyl/N-ethyl adjacent to an activating group) is 1. The lowest BCUT2D eigenvalue weighted by Crippen LogP contribution is -2.44. The summed E-state index contributed by atoms with van der Waals surface area (Å²) in [7, 11) is 0. The third-order valence-electron chi connectivity index (χ3n) is 3.50. The van der Waals surface area contributed by atoms with E-state index in [2.05, 4.69) is 22.1 Å². The highest BCUT2D eigenvalue weighted by molar-refractivity contribution is 5.88. The lowest BCUT2D eigenvalue weighted by atomic mass is 10.2. The topological polar surface area (TPSA) is 69.5 Å². The summed E-state index contributed by atoms with van der Waals surface area (Å²) in [5.41, 5.74) is 1.01. The van der Waals surface area contributed by atoms with Crippen LogP contribution >= 0.6 is 0 Å². The molecule has 0 spiro atoms. The van der Waals surface area contributed by atoms with Crippen molar-refractivity contribution < 1.29 is 14.3 Å². The Labute approximate surface area is 118 Å². The van der Waals surface area contributed by atoms with E-state index in [-0.39, 0.29) is 11.8 Å². The van der Waals surface area contributed by atoms with Crippen LogP contribution in [0.1, 0.15) is 30.0 Å². The van der Waals surface area contributed by atoms with Crippen LogP contribution in [0.3, 0.4) is 0 Å². The van der Waals surface area contributed by atoms with Crippen LogP contribution in [0.15, 0.2) is 0 Å². The Morgan fingerprint density at radius 3 is 3.00 bits per heavy atom. The molecule has 7 nitrogen and oxygen atoms in total. The van der Waals surface area contributed by atoms with E-state index in [0.29, 0.717) is 13.2 Å². The molecule has 112 valence electrons. The fourth-order valence-electron chi connectivity index (χ4n) is 2.29. The van der Waals surface area contributed by atoms with E-state index in [1.54, 1.807) is 11.6 Å². The van der Waals surface area contributed by atoms with E-state index in [4.69, 9.17) is 9.47 Å². The second kappa shape index (κ2) is 6.81. The first-order valence-electron chi connectivity index (χ1n) is 7.06. The van der Waals surface area contributed by atoms with Gasteiger partial charge < -0.3 is 9.47 Å². The van der Waals surface area contributed by atoms with Crippen LogP contribution in [0.2, 0.25) is 0 Å². The number of morpholine rings is 1. The largest absolute Gasteiger partial charge is 0.461 e. The van der Waals surface area contributed by atoms with Gasteiger partial charge in [-0.05, 0) is 20.4 Å². The van der Waals surface area contributed by atoms with Gasteiger partial charge in [-0.1, -0.05) is 12.1 Å². The van der Waals surface area contributed by atoms with Crippen molar-refractivity contribution in [2.45, 2.75) is 33.4 Å². The normalized spacial score (nSPS) is 20.1. The molecule has 0 bridgehead atoms. The second-order valence-corrected chi connectivity index (χ2v) is 4.81. The Balaban J connectivity index is 2.01. The van der Waals surface area contributed by atoms with Crippen LogP contribution in [0, 0.1) is 6.92 Å². The molecule has 1 aliphatic heterocycles. The van der Waals surface area contributed by atoms with Crippen molar-refractivity contribution in [3.8, 4) is 0 Å². The highest BCUT2D eigenvalue weighted by Gasteiger charge is 2.23. The number of hydrogen-bond donors (Lipinski definition) is 0. The molecule has 1 atom stereocenters. The van der Waals surface area contributed by atoms with Gasteiger partial charge in [0, 0.05) is 13.1 Å². The second-order valence-electron chi connectivity index (χ2n) is 4.81. The van der Waals surface area contributed by atoms with Crippen molar-refractivity contribution in [3.63, 3.8) is 0 Å². The average molecular weight is 282 g/mol. The maximum Gasteiger partial charge on any atom is 0.360 e. The quantitative estimate of drug-likeness (QED) is 0.732. The van der Waals surface area contributed by atoms with Gasteiger partial charge in [-0.15, -0.1) is 5.10 Å². The van der Waals surface area contributed by atoms with Gasteiger partial charge in [-0.2, -0.15) is 0 Å². The zero-order valence-electron chi connectivity index (χ0n) is 12.3. The fourth-order valence-corrected chi connectivity index (χ4v) is 2.29. The monoisotopic (exact) mass is 282 g/mol. The van der Waals surface area contributed by atoms with Crippen LogP contribution in [0.4, 0.5) is 0 Å². The molecule has 1 unspecified atom stereocenters. The molecule has 0 N–H and O–H groups in total.